The lowest BCUT2D eigenvalue weighted by Gasteiger charge is -2.28. The van der Waals surface area contributed by atoms with E-state index in [1.165, 1.54) is 51.0 Å². The van der Waals surface area contributed by atoms with Crippen molar-refractivity contribution in [2.75, 3.05) is 6.61 Å². The van der Waals surface area contributed by atoms with E-state index in [0.29, 0.717) is 6.61 Å². The summed E-state index contributed by atoms with van der Waals surface area (Å²) in [7, 11) is 0. The van der Waals surface area contributed by atoms with Crippen LogP contribution >= 0.6 is 0 Å². The maximum atomic E-state index is 10.8. The van der Waals surface area contributed by atoms with Crippen LogP contribution in [0.5, 0.6) is 0 Å². The van der Waals surface area contributed by atoms with Crippen LogP contribution in [0, 0.1) is 11.8 Å². The highest BCUT2D eigenvalue weighted by Gasteiger charge is 2.20. The third-order valence-corrected chi connectivity index (χ3v) is 3.83. The van der Waals surface area contributed by atoms with Crippen LogP contribution in [-0.4, -0.2) is 12.6 Å². The van der Waals surface area contributed by atoms with Crippen LogP contribution in [0.4, 0.5) is 0 Å². The molecule has 0 atom stereocenters. The number of rotatable bonds is 7. The summed E-state index contributed by atoms with van der Waals surface area (Å²) >= 11 is 0. The van der Waals surface area contributed by atoms with E-state index >= 15 is 0 Å². The molecule has 1 fully saturated rings. The fourth-order valence-corrected chi connectivity index (χ4v) is 2.82. The summed E-state index contributed by atoms with van der Waals surface area (Å²) in [5.74, 6) is 1.55. The van der Waals surface area contributed by atoms with Gasteiger partial charge in [0.15, 0.2) is 0 Å². The molecule has 0 spiro atoms. The van der Waals surface area contributed by atoms with E-state index in [1.807, 2.05) is 0 Å². The van der Waals surface area contributed by atoms with Crippen LogP contribution in [0.25, 0.3) is 0 Å². The molecule has 0 aromatic heterocycles. The highest BCUT2D eigenvalue weighted by molar-refractivity contribution is 5.81. The Bertz CT molecular complexity index is 227. The van der Waals surface area contributed by atoms with Gasteiger partial charge in [0.25, 0.3) is 0 Å². The molecule has 0 amide bonds. The number of ether oxygens (including phenoxy) is 1. The average molecular weight is 238 g/mol. The highest BCUT2D eigenvalue weighted by Crippen LogP contribution is 2.33. The van der Waals surface area contributed by atoms with Crippen molar-refractivity contribution in [1.82, 2.24) is 0 Å². The second-order valence-electron chi connectivity index (χ2n) is 5.19. The third kappa shape index (κ3) is 5.90. The second-order valence-corrected chi connectivity index (χ2v) is 5.19. The molecule has 0 aliphatic heterocycles. The van der Waals surface area contributed by atoms with Gasteiger partial charge in [-0.15, -0.1) is 0 Å². The summed E-state index contributed by atoms with van der Waals surface area (Å²) in [5.41, 5.74) is 0. The quantitative estimate of drug-likeness (QED) is 0.379. The molecular formula is C15H26O2. The first-order chi connectivity index (χ1) is 8.26. The van der Waals surface area contributed by atoms with Crippen molar-refractivity contribution in [3.63, 3.8) is 0 Å². The van der Waals surface area contributed by atoms with Gasteiger partial charge in [0, 0.05) is 6.08 Å². The molecule has 1 aliphatic rings. The molecule has 1 saturated carbocycles. The summed E-state index contributed by atoms with van der Waals surface area (Å²) in [6.45, 7) is 6.21. The van der Waals surface area contributed by atoms with Crippen LogP contribution in [0.1, 0.15) is 58.3 Å². The summed E-state index contributed by atoms with van der Waals surface area (Å²) in [4.78, 5) is 10.8. The zero-order valence-corrected chi connectivity index (χ0v) is 11.1. The van der Waals surface area contributed by atoms with Gasteiger partial charge in [-0.2, -0.15) is 0 Å². The van der Waals surface area contributed by atoms with Crippen molar-refractivity contribution in [1.29, 1.82) is 0 Å². The minimum Gasteiger partial charge on any atom is -0.463 e. The normalized spacial score (nSPS) is 24.3. The molecule has 1 aliphatic carbocycles. The number of carbonyl (C=O) groups excluding carboxylic acids is 1. The molecule has 0 unspecified atom stereocenters. The lowest BCUT2D eigenvalue weighted by Crippen LogP contribution is -2.15. The standard InChI is InChI=1S/C15H26O2/c1-3-6-13-8-10-14(11-9-13)7-5-12-17-15(16)4-2/h4,13-14H,2-3,5-12H2,1H3. The molecule has 0 bridgehead atoms. The van der Waals surface area contributed by atoms with Crippen LogP contribution in [0.3, 0.4) is 0 Å². The van der Waals surface area contributed by atoms with Crippen LogP contribution in [0.2, 0.25) is 0 Å². The molecule has 0 saturated heterocycles. The molecule has 0 heterocycles. The van der Waals surface area contributed by atoms with Crippen molar-refractivity contribution in [3.05, 3.63) is 12.7 Å². The Morgan fingerprint density at radius 2 is 1.82 bits per heavy atom. The Morgan fingerprint density at radius 3 is 2.35 bits per heavy atom. The van der Waals surface area contributed by atoms with E-state index in [0.717, 1.165) is 18.3 Å². The fourth-order valence-electron chi connectivity index (χ4n) is 2.82. The van der Waals surface area contributed by atoms with Gasteiger partial charge in [-0.05, 0) is 24.7 Å². The second kappa shape index (κ2) is 8.32. The zero-order chi connectivity index (χ0) is 12.5. The molecule has 0 aromatic carbocycles. The van der Waals surface area contributed by atoms with E-state index in [1.54, 1.807) is 0 Å². The summed E-state index contributed by atoms with van der Waals surface area (Å²) < 4.78 is 4.98. The minimum atomic E-state index is -0.295. The Hall–Kier alpha value is -0.790. The van der Waals surface area contributed by atoms with Crippen molar-refractivity contribution in [2.45, 2.75) is 58.3 Å². The first kappa shape index (κ1) is 14.3. The Kier molecular flexibility index (Phi) is 6.99. The van der Waals surface area contributed by atoms with Crippen LogP contribution in [-0.2, 0) is 9.53 Å². The summed E-state index contributed by atoms with van der Waals surface area (Å²) in [5, 5.41) is 0. The Balaban J connectivity index is 2.02. The lowest BCUT2D eigenvalue weighted by atomic mass is 9.78. The topological polar surface area (TPSA) is 26.3 Å². The largest absolute Gasteiger partial charge is 0.463 e. The highest BCUT2D eigenvalue weighted by atomic mass is 16.5. The van der Waals surface area contributed by atoms with Gasteiger partial charge in [-0.3, -0.25) is 0 Å². The van der Waals surface area contributed by atoms with Gasteiger partial charge in [0.05, 0.1) is 6.61 Å². The van der Waals surface area contributed by atoms with E-state index < -0.39 is 0 Å². The van der Waals surface area contributed by atoms with Crippen molar-refractivity contribution < 1.29 is 9.53 Å². The van der Waals surface area contributed by atoms with E-state index in [2.05, 4.69) is 13.5 Å². The molecule has 2 nitrogen and oxygen atoms in total. The molecular weight excluding hydrogens is 212 g/mol. The average Bonchev–Trinajstić information content (AvgIpc) is 2.36. The molecule has 0 radical (unpaired) electrons. The predicted molar refractivity (Wildman–Crippen MR) is 70.7 cm³/mol. The van der Waals surface area contributed by atoms with Crippen LogP contribution in [0.15, 0.2) is 12.7 Å². The van der Waals surface area contributed by atoms with Gasteiger partial charge in [-0.25, -0.2) is 4.79 Å². The predicted octanol–water partition coefficient (Wildman–Crippen LogP) is 4.10. The zero-order valence-electron chi connectivity index (χ0n) is 11.1. The Morgan fingerprint density at radius 1 is 1.24 bits per heavy atom. The molecule has 98 valence electrons. The van der Waals surface area contributed by atoms with Crippen molar-refractivity contribution in [3.8, 4) is 0 Å². The number of esters is 1. The first-order valence-electron chi connectivity index (χ1n) is 7.05. The summed E-state index contributed by atoms with van der Waals surface area (Å²) in [6.07, 6.45) is 11.7. The maximum absolute atomic E-state index is 10.8. The van der Waals surface area contributed by atoms with E-state index in [4.69, 9.17) is 4.74 Å². The number of carbonyl (C=O) groups is 1. The molecule has 2 heteroatoms. The molecule has 0 aromatic rings. The van der Waals surface area contributed by atoms with Crippen molar-refractivity contribution in [2.24, 2.45) is 11.8 Å². The number of hydrogen-bond acceptors (Lipinski definition) is 2. The van der Waals surface area contributed by atoms with Gasteiger partial charge in [0.2, 0.25) is 0 Å². The van der Waals surface area contributed by atoms with Crippen LogP contribution < -0.4 is 0 Å². The minimum absolute atomic E-state index is 0.295. The Labute approximate surface area is 105 Å². The molecule has 0 N–H and O–H groups in total. The van der Waals surface area contributed by atoms with Gasteiger partial charge < -0.3 is 4.74 Å². The molecule has 17 heavy (non-hydrogen) atoms. The first-order valence-corrected chi connectivity index (χ1v) is 7.05. The monoisotopic (exact) mass is 238 g/mol. The van der Waals surface area contributed by atoms with E-state index in [-0.39, 0.29) is 5.97 Å². The molecule has 1 rings (SSSR count). The van der Waals surface area contributed by atoms with E-state index in [9.17, 15) is 4.79 Å². The maximum Gasteiger partial charge on any atom is 0.330 e. The smallest absolute Gasteiger partial charge is 0.330 e. The fraction of sp³-hybridized carbons (Fsp3) is 0.800. The van der Waals surface area contributed by atoms with Gasteiger partial charge in [-0.1, -0.05) is 52.0 Å². The summed E-state index contributed by atoms with van der Waals surface area (Å²) in [6, 6.07) is 0. The number of hydrogen-bond donors (Lipinski definition) is 0. The van der Waals surface area contributed by atoms with Crippen molar-refractivity contribution >= 4 is 5.97 Å². The lowest BCUT2D eigenvalue weighted by molar-refractivity contribution is -0.137. The SMILES string of the molecule is C=CC(=O)OCCCC1CCC(CCC)CC1. The third-order valence-electron chi connectivity index (χ3n) is 3.83. The van der Waals surface area contributed by atoms with Gasteiger partial charge in [0.1, 0.15) is 0 Å². The van der Waals surface area contributed by atoms with Gasteiger partial charge >= 0.3 is 5.97 Å².